The SMILES string of the molecule is CCc1c[c-]ccc1C.[Y]. The fraction of sp³-hybridized carbons (Fsp3) is 0.333. The maximum absolute atomic E-state index is 3.05. The average Bonchev–Trinajstić information content (AvgIpc) is 1.89. The first-order chi connectivity index (χ1) is 4.34. The van der Waals surface area contributed by atoms with Gasteiger partial charge in [-0.05, 0) is 0 Å². The summed E-state index contributed by atoms with van der Waals surface area (Å²) in [5.41, 5.74) is 2.77. The van der Waals surface area contributed by atoms with Crippen LogP contribution in [0, 0.1) is 13.0 Å². The summed E-state index contributed by atoms with van der Waals surface area (Å²) in [5, 5.41) is 0. The van der Waals surface area contributed by atoms with Crippen molar-refractivity contribution in [1.29, 1.82) is 0 Å². The Labute approximate surface area is 87.9 Å². The molecular formula is C9H11Y-. The van der Waals surface area contributed by atoms with E-state index in [2.05, 4.69) is 32.0 Å². The molecule has 0 N–H and O–H groups in total. The number of aryl methyl sites for hydroxylation is 2. The molecule has 0 amide bonds. The molecule has 1 rings (SSSR count). The standard InChI is InChI=1S/C9H11.Y/c1-3-9-7-5-4-6-8(9)2;/h4,6-7H,3H2,1-2H3;/q-1;. The number of rotatable bonds is 1. The van der Waals surface area contributed by atoms with E-state index in [1.54, 1.807) is 0 Å². The molecule has 0 aliphatic heterocycles. The van der Waals surface area contributed by atoms with Crippen LogP contribution in [0.25, 0.3) is 0 Å². The third-order valence-corrected chi connectivity index (χ3v) is 1.57. The quantitative estimate of drug-likeness (QED) is 0.621. The molecule has 1 heteroatoms. The van der Waals surface area contributed by atoms with Crippen LogP contribution in [0.1, 0.15) is 18.1 Å². The van der Waals surface area contributed by atoms with E-state index in [0.717, 1.165) is 6.42 Å². The smallest absolute Gasteiger partial charge is 0 e. The fourth-order valence-corrected chi connectivity index (χ4v) is 0.924. The molecule has 0 aromatic heterocycles. The van der Waals surface area contributed by atoms with Gasteiger partial charge in [-0.3, -0.25) is 0 Å². The summed E-state index contributed by atoms with van der Waals surface area (Å²) < 4.78 is 0. The van der Waals surface area contributed by atoms with Crippen LogP contribution in [0.5, 0.6) is 0 Å². The maximum atomic E-state index is 3.05. The van der Waals surface area contributed by atoms with Gasteiger partial charge in [-0.15, -0.1) is 0 Å². The molecular weight excluding hydrogens is 197 g/mol. The van der Waals surface area contributed by atoms with Crippen molar-refractivity contribution in [2.45, 2.75) is 20.3 Å². The van der Waals surface area contributed by atoms with Crippen molar-refractivity contribution in [3.05, 3.63) is 35.4 Å². The van der Waals surface area contributed by atoms with Gasteiger partial charge in [0, 0.05) is 32.7 Å². The van der Waals surface area contributed by atoms with Gasteiger partial charge in [0.2, 0.25) is 0 Å². The largest absolute Gasteiger partial charge is 0.184 e. The predicted octanol–water partition coefficient (Wildman–Crippen LogP) is 2.36. The first kappa shape index (κ1) is 10.3. The van der Waals surface area contributed by atoms with Gasteiger partial charge in [-0.1, -0.05) is 20.3 Å². The van der Waals surface area contributed by atoms with Crippen molar-refractivity contribution in [1.82, 2.24) is 0 Å². The first-order valence-corrected chi connectivity index (χ1v) is 3.30. The van der Waals surface area contributed by atoms with Gasteiger partial charge in [-0.2, -0.15) is 35.4 Å². The molecule has 0 aliphatic carbocycles. The summed E-state index contributed by atoms with van der Waals surface area (Å²) in [5.74, 6) is 0. The molecule has 0 atom stereocenters. The zero-order valence-electron chi connectivity index (χ0n) is 6.52. The van der Waals surface area contributed by atoms with E-state index in [9.17, 15) is 0 Å². The maximum Gasteiger partial charge on any atom is 0 e. The van der Waals surface area contributed by atoms with E-state index >= 15 is 0 Å². The van der Waals surface area contributed by atoms with Gasteiger partial charge >= 0.3 is 0 Å². The molecule has 1 aromatic carbocycles. The van der Waals surface area contributed by atoms with Crippen LogP contribution in [0.3, 0.4) is 0 Å². The zero-order chi connectivity index (χ0) is 6.69. The fourth-order valence-electron chi connectivity index (χ4n) is 0.924. The van der Waals surface area contributed by atoms with Gasteiger partial charge in [0.05, 0.1) is 0 Å². The molecule has 0 unspecified atom stereocenters. The third kappa shape index (κ3) is 2.52. The summed E-state index contributed by atoms with van der Waals surface area (Å²) in [6.45, 7) is 4.29. The Morgan fingerprint density at radius 1 is 1.50 bits per heavy atom. The Bertz CT molecular complexity index is 194. The summed E-state index contributed by atoms with van der Waals surface area (Å²) in [6, 6.07) is 9.15. The molecule has 10 heavy (non-hydrogen) atoms. The molecule has 1 radical (unpaired) electrons. The summed E-state index contributed by atoms with van der Waals surface area (Å²) >= 11 is 0. The molecule has 0 saturated heterocycles. The van der Waals surface area contributed by atoms with Crippen LogP contribution in [0.2, 0.25) is 0 Å². The zero-order valence-corrected chi connectivity index (χ0v) is 9.35. The minimum Gasteiger partial charge on any atom is -0.184 e. The molecule has 0 bridgehead atoms. The Morgan fingerprint density at radius 3 is 2.60 bits per heavy atom. The molecule has 0 fully saturated rings. The van der Waals surface area contributed by atoms with Crippen molar-refractivity contribution in [3.63, 3.8) is 0 Å². The molecule has 1 aromatic rings. The van der Waals surface area contributed by atoms with E-state index in [0.29, 0.717) is 0 Å². The van der Waals surface area contributed by atoms with Crippen LogP contribution in [-0.4, -0.2) is 0 Å². The number of benzene rings is 1. The Kier molecular flexibility index (Phi) is 5.20. The van der Waals surface area contributed by atoms with Crippen molar-refractivity contribution in [2.75, 3.05) is 0 Å². The van der Waals surface area contributed by atoms with E-state index in [1.807, 2.05) is 6.07 Å². The normalized spacial score (nSPS) is 8.60. The minimum absolute atomic E-state index is 0. The topological polar surface area (TPSA) is 0 Å². The van der Waals surface area contributed by atoms with E-state index in [4.69, 9.17) is 0 Å². The Morgan fingerprint density at radius 2 is 2.20 bits per heavy atom. The Hall–Kier alpha value is 0.324. The van der Waals surface area contributed by atoms with Crippen molar-refractivity contribution in [3.8, 4) is 0 Å². The average molecular weight is 208 g/mol. The van der Waals surface area contributed by atoms with Crippen LogP contribution in [0.15, 0.2) is 18.2 Å². The van der Waals surface area contributed by atoms with Crippen LogP contribution < -0.4 is 0 Å². The minimum atomic E-state index is 0. The summed E-state index contributed by atoms with van der Waals surface area (Å²) in [6.07, 6.45) is 1.11. The summed E-state index contributed by atoms with van der Waals surface area (Å²) in [7, 11) is 0. The van der Waals surface area contributed by atoms with Gasteiger partial charge in [0.1, 0.15) is 0 Å². The Balaban J connectivity index is 0.000000810. The van der Waals surface area contributed by atoms with Gasteiger partial charge in [0.25, 0.3) is 0 Å². The monoisotopic (exact) mass is 208 g/mol. The molecule has 0 aliphatic rings. The molecule has 0 saturated carbocycles. The third-order valence-electron chi connectivity index (χ3n) is 1.57. The second kappa shape index (κ2) is 5.04. The second-order valence-corrected chi connectivity index (χ2v) is 2.21. The van der Waals surface area contributed by atoms with Crippen molar-refractivity contribution >= 4 is 0 Å². The first-order valence-electron chi connectivity index (χ1n) is 3.30. The number of hydrogen-bond donors (Lipinski definition) is 0. The summed E-state index contributed by atoms with van der Waals surface area (Å²) in [4.78, 5) is 0. The molecule has 0 nitrogen and oxygen atoms in total. The second-order valence-electron chi connectivity index (χ2n) is 2.21. The van der Waals surface area contributed by atoms with Gasteiger partial charge in [-0.25, -0.2) is 0 Å². The number of hydrogen-bond acceptors (Lipinski definition) is 0. The van der Waals surface area contributed by atoms with Crippen LogP contribution in [0.4, 0.5) is 0 Å². The predicted molar refractivity (Wildman–Crippen MR) is 39.4 cm³/mol. The van der Waals surface area contributed by atoms with Crippen molar-refractivity contribution < 1.29 is 32.7 Å². The molecule has 0 spiro atoms. The van der Waals surface area contributed by atoms with Crippen LogP contribution >= 0.6 is 0 Å². The van der Waals surface area contributed by atoms with E-state index < -0.39 is 0 Å². The van der Waals surface area contributed by atoms with E-state index in [-0.39, 0.29) is 32.7 Å². The van der Waals surface area contributed by atoms with E-state index in [1.165, 1.54) is 11.1 Å². The van der Waals surface area contributed by atoms with Crippen LogP contribution in [-0.2, 0) is 39.1 Å². The molecule has 51 valence electrons. The van der Waals surface area contributed by atoms with Crippen molar-refractivity contribution in [2.24, 2.45) is 0 Å². The van der Waals surface area contributed by atoms with Gasteiger partial charge in [0.15, 0.2) is 0 Å². The molecule has 0 heterocycles. The van der Waals surface area contributed by atoms with Gasteiger partial charge < -0.3 is 0 Å².